The van der Waals surface area contributed by atoms with Crippen LogP contribution in [0.2, 0.25) is 0 Å². The van der Waals surface area contributed by atoms with Gasteiger partial charge in [-0.25, -0.2) is 0 Å². The van der Waals surface area contributed by atoms with E-state index in [9.17, 15) is 14.4 Å². The van der Waals surface area contributed by atoms with Gasteiger partial charge in [-0.3, -0.25) is 14.4 Å². The first-order valence-corrected chi connectivity index (χ1v) is 8.96. The number of rotatable bonds is 7. The molecule has 0 unspecified atom stereocenters. The molecule has 1 atom stereocenters. The lowest BCUT2D eigenvalue weighted by Crippen LogP contribution is -2.33. The number of hydrogen-bond donors (Lipinski definition) is 0. The molecular weight excluding hydrogens is 356 g/mol. The van der Waals surface area contributed by atoms with Gasteiger partial charge in [0.05, 0.1) is 21.3 Å². The van der Waals surface area contributed by atoms with Gasteiger partial charge in [0.15, 0.2) is 11.0 Å². The van der Waals surface area contributed by atoms with Gasteiger partial charge < -0.3 is 14.2 Å². The second-order valence-electron chi connectivity index (χ2n) is 6.66. The minimum Gasteiger partial charge on any atom is -0.496 e. The standard InChI is InChI=1S/C19H26O6S/c1-19(2,3)26-15(20)11-13(12-9-7-8-10-14(12)23-4)16(17(21)24-5)18(22)25-6/h7-10,13,16H,11H2,1-6H3/t13-/m0/s1. The molecule has 0 aromatic heterocycles. The van der Waals surface area contributed by atoms with E-state index in [0.29, 0.717) is 11.3 Å². The van der Waals surface area contributed by atoms with Gasteiger partial charge in [-0.1, -0.05) is 50.7 Å². The first kappa shape index (κ1) is 22.0. The van der Waals surface area contributed by atoms with Crippen molar-refractivity contribution in [2.24, 2.45) is 5.92 Å². The van der Waals surface area contributed by atoms with Crippen LogP contribution in [0.25, 0.3) is 0 Å². The molecule has 0 spiro atoms. The molecule has 0 aliphatic heterocycles. The van der Waals surface area contributed by atoms with Crippen molar-refractivity contribution in [3.63, 3.8) is 0 Å². The van der Waals surface area contributed by atoms with Gasteiger partial charge in [0.25, 0.3) is 0 Å². The summed E-state index contributed by atoms with van der Waals surface area (Å²) in [5.74, 6) is -3.02. The molecular formula is C19H26O6S. The number of methoxy groups -OCH3 is 3. The fraction of sp³-hybridized carbons (Fsp3) is 0.526. The summed E-state index contributed by atoms with van der Waals surface area (Å²) in [5, 5.41) is -0.133. The van der Waals surface area contributed by atoms with E-state index in [4.69, 9.17) is 14.2 Å². The zero-order valence-corrected chi connectivity index (χ0v) is 16.8. The van der Waals surface area contributed by atoms with Crippen molar-refractivity contribution in [3.8, 4) is 5.75 Å². The van der Waals surface area contributed by atoms with Crippen molar-refractivity contribution in [3.05, 3.63) is 29.8 Å². The molecule has 0 aliphatic carbocycles. The first-order chi connectivity index (χ1) is 12.1. The highest BCUT2D eigenvalue weighted by molar-refractivity contribution is 8.14. The topological polar surface area (TPSA) is 78.9 Å². The highest BCUT2D eigenvalue weighted by Crippen LogP contribution is 2.38. The van der Waals surface area contributed by atoms with E-state index in [1.54, 1.807) is 24.3 Å². The SMILES string of the molecule is COC(=O)C(C(=O)OC)[C@@H](CC(=O)SC(C)(C)C)c1ccccc1OC. The molecule has 6 nitrogen and oxygen atoms in total. The van der Waals surface area contributed by atoms with Crippen LogP contribution in [0, 0.1) is 5.92 Å². The van der Waals surface area contributed by atoms with Crippen LogP contribution in [0.5, 0.6) is 5.75 Å². The molecule has 0 saturated carbocycles. The first-order valence-electron chi connectivity index (χ1n) is 8.15. The quantitative estimate of drug-likeness (QED) is 0.529. The third-order valence-electron chi connectivity index (χ3n) is 3.66. The maximum Gasteiger partial charge on any atom is 0.320 e. The molecule has 0 heterocycles. The van der Waals surface area contributed by atoms with Gasteiger partial charge >= 0.3 is 11.9 Å². The Bertz CT molecular complexity index is 634. The molecule has 1 rings (SSSR count). The Balaban J connectivity index is 3.37. The summed E-state index contributed by atoms with van der Waals surface area (Å²) >= 11 is 1.17. The van der Waals surface area contributed by atoms with Crippen molar-refractivity contribution in [1.29, 1.82) is 0 Å². The van der Waals surface area contributed by atoms with Crippen LogP contribution in [-0.4, -0.2) is 43.1 Å². The normalized spacial score (nSPS) is 12.4. The Morgan fingerprint density at radius 2 is 1.54 bits per heavy atom. The molecule has 0 fully saturated rings. The second kappa shape index (κ2) is 9.62. The van der Waals surface area contributed by atoms with Crippen molar-refractivity contribution in [2.75, 3.05) is 21.3 Å². The summed E-state index contributed by atoms with van der Waals surface area (Å²) in [6.07, 6.45) is -0.0306. The number of para-hydroxylation sites is 1. The van der Waals surface area contributed by atoms with E-state index in [0.717, 1.165) is 0 Å². The van der Waals surface area contributed by atoms with Crippen molar-refractivity contribution < 1.29 is 28.6 Å². The van der Waals surface area contributed by atoms with Crippen LogP contribution in [0.15, 0.2) is 24.3 Å². The Labute approximate surface area is 158 Å². The summed E-state index contributed by atoms with van der Waals surface area (Å²) < 4.78 is 14.7. The van der Waals surface area contributed by atoms with Crippen LogP contribution < -0.4 is 4.74 Å². The summed E-state index contributed by atoms with van der Waals surface area (Å²) in [4.78, 5) is 37.2. The maximum absolute atomic E-state index is 12.6. The second-order valence-corrected chi connectivity index (χ2v) is 8.55. The van der Waals surface area contributed by atoms with Gasteiger partial charge in [-0.2, -0.15) is 0 Å². The number of benzene rings is 1. The fourth-order valence-electron chi connectivity index (χ4n) is 2.62. The molecule has 144 valence electrons. The number of carbonyl (C=O) groups excluding carboxylic acids is 3. The molecule has 7 heteroatoms. The predicted molar refractivity (Wildman–Crippen MR) is 100 cm³/mol. The van der Waals surface area contributed by atoms with Crippen LogP contribution in [0.3, 0.4) is 0 Å². The highest BCUT2D eigenvalue weighted by atomic mass is 32.2. The zero-order chi connectivity index (χ0) is 19.9. The molecule has 26 heavy (non-hydrogen) atoms. The molecule has 0 N–H and O–H groups in total. The van der Waals surface area contributed by atoms with E-state index in [1.165, 1.54) is 33.1 Å². The molecule has 0 bridgehead atoms. The van der Waals surface area contributed by atoms with Gasteiger partial charge in [-0.15, -0.1) is 0 Å². The third kappa shape index (κ3) is 6.05. The zero-order valence-electron chi connectivity index (χ0n) is 16.0. The molecule has 0 radical (unpaired) electrons. The van der Waals surface area contributed by atoms with Crippen LogP contribution in [-0.2, 0) is 23.9 Å². The van der Waals surface area contributed by atoms with Crippen molar-refractivity contribution >= 4 is 28.8 Å². The van der Waals surface area contributed by atoms with E-state index in [1.807, 2.05) is 20.8 Å². The van der Waals surface area contributed by atoms with E-state index in [2.05, 4.69) is 0 Å². The molecule has 0 aliphatic rings. The third-order valence-corrected chi connectivity index (χ3v) is 4.66. The maximum atomic E-state index is 12.6. The lowest BCUT2D eigenvalue weighted by molar-refractivity contribution is -0.160. The minimum absolute atomic E-state index is 0.0306. The Morgan fingerprint density at radius 1 is 1.00 bits per heavy atom. The number of carbonyl (C=O) groups is 3. The lowest BCUT2D eigenvalue weighted by atomic mass is 9.83. The van der Waals surface area contributed by atoms with Gasteiger partial charge in [0.2, 0.25) is 0 Å². The average molecular weight is 382 g/mol. The largest absolute Gasteiger partial charge is 0.496 e. The van der Waals surface area contributed by atoms with Gasteiger partial charge in [0.1, 0.15) is 5.75 Å². The summed E-state index contributed by atoms with van der Waals surface area (Å²) in [7, 11) is 3.89. The smallest absolute Gasteiger partial charge is 0.320 e. The Hall–Kier alpha value is -2.02. The Morgan fingerprint density at radius 3 is 2.00 bits per heavy atom. The number of esters is 2. The van der Waals surface area contributed by atoms with Crippen molar-refractivity contribution in [2.45, 2.75) is 37.9 Å². The summed E-state index contributed by atoms with van der Waals surface area (Å²) in [6.45, 7) is 5.77. The summed E-state index contributed by atoms with van der Waals surface area (Å²) in [6, 6.07) is 6.99. The number of hydrogen-bond acceptors (Lipinski definition) is 7. The number of thioether (sulfide) groups is 1. The van der Waals surface area contributed by atoms with Crippen LogP contribution in [0.4, 0.5) is 0 Å². The van der Waals surface area contributed by atoms with Crippen LogP contribution >= 0.6 is 11.8 Å². The average Bonchev–Trinajstić information content (AvgIpc) is 2.58. The molecule has 1 aromatic carbocycles. The highest BCUT2D eigenvalue weighted by Gasteiger charge is 2.40. The van der Waals surface area contributed by atoms with Crippen LogP contribution in [0.1, 0.15) is 38.7 Å². The predicted octanol–water partition coefficient (Wildman–Crippen LogP) is 3.19. The van der Waals surface area contributed by atoms with Crippen molar-refractivity contribution in [1.82, 2.24) is 0 Å². The number of ether oxygens (including phenoxy) is 3. The lowest BCUT2D eigenvalue weighted by Gasteiger charge is -2.26. The minimum atomic E-state index is -1.26. The van der Waals surface area contributed by atoms with E-state index < -0.39 is 23.8 Å². The molecule has 1 aromatic rings. The fourth-order valence-corrected chi connectivity index (χ4v) is 3.57. The van der Waals surface area contributed by atoms with Gasteiger partial charge in [-0.05, 0) is 11.6 Å². The van der Waals surface area contributed by atoms with Gasteiger partial charge in [0, 0.05) is 17.1 Å². The van der Waals surface area contributed by atoms with E-state index in [-0.39, 0.29) is 16.3 Å². The van der Waals surface area contributed by atoms with E-state index >= 15 is 0 Å². The Kier molecular flexibility index (Phi) is 8.14. The monoisotopic (exact) mass is 382 g/mol. The summed E-state index contributed by atoms with van der Waals surface area (Å²) in [5.41, 5.74) is 0.582. The molecule has 0 saturated heterocycles. The molecule has 0 amide bonds.